The summed E-state index contributed by atoms with van der Waals surface area (Å²) in [6.45, 7) is 1.09. The summed E-state index contributed by atoms with van der Waals surface area (Å²) in [5, 5.41) is 3.54. The molecule has 2 aromatic carbocycles. The minimum absolute atomic E-state index is 0. The Morgan fingerprint density at radius 1 is 1.14 bits per heavy atom. The number of nitrogens with one attached hydrogen (secondary N) is 2. The molecule has 152 valence electrons. The average molecular weight is 419 g/mol. The number of amides is 1. The number of carbonyl (C=O) groups is 1. The van der Waals surface area contributed by atoms with E-state index in [1.807, 2.05) is 0 Å². The smallest absolute Gasteiger partial charge is 0.329 e. The van der Waals surface area contributed by atoms with Gasteiger partial charge in [-0.3, -0.25) is 14.2 Å². The maximum absolute atomic E-state index is 13.6. The van der Waals surface area contributed by atoms with Crippen LogP contribution >= 0.6 is 12.4 Å². The molecule has 4 rings (SSSR count). The molecule has 1 atom stereocenters. The van der Waals surface area contributed by atoms with Crippen LogP contribution in [0.25, 0.3) is 10.9 Å². The molecular weight excluding hydrogens is 399 g/mol. The number of piperazine rings is 1. The molecule has 1 aliphatic rings. The Balaban J connectivity index is 0.00000240. The Morgan fingerprint density at radius 2 is 1.93 bits per heavy atom. The van der Waals surface area contributed by atoms with E-state index in [0.717, 1.165) is 4.57 Å². The maximum Gasteiger partial charge on any atom is 0.329 e. The summed E-state index contributed by atoms with van der Waals surface area (Å²) in [7, 11) is 0. The van der Waals surface area contributed by atoms with E-state index >= 15 is 0 Å². The van der Waals surface area contributed by atoms with Crippen LogP contribution in [-0.2, 0) is 11.3 Å². The van der Waals surface area contributed by atoms with Gasteiger partial charge in [-0.2, -0.15) is 0 Å². The van der Waals surface area contributed by atoms with Crippen molar-refractivity contribution in [3.05, 3.63) is 80.7 Å². The van der Waals surface area contributed by atoms with Crippen molar-refractivity contribution in [1.29, 1.82) is 0 Å². The molecule has 9 heteroatoms. The van der Waals surface area contributed by atoms with Crippen molar-refractivity contribution < 1.29 is 9.18 Å². The second-order valence-electron chi connectivity index (χ2n) is 6.73. The SMILES string of the molecule is Cl.O=C(Cn1c(=O)[nH]c2ccccc2c1=O)N1CCNCC1c1cccc(F)c1. The lowest BCUT2D eigenvalue weighted by Gasteiger charge is -2.36. The van der Waals surface area contributed by atoms with E-state index in [-0.39, 0.29) is 36.7 Å². The number of nitrogens with zero attached hydrogens (tertiary/aromatic N) is 2. The highest BCUT2D eigenvalue weighted by molar-refractivity contribution is 5.85. The number of aromatic nitrogens is 2. The normalized spacial score (nSPS) is 16.4. The first kappa shape index (κ1) is 20.8. The Labute approximate surface area is 171 Å². The van der Waals surface area contributed by atoms with Crippen LogP contribution in [0, 0.1) is 5.82 Å². The van der Waals surface area contributed by atoms with Gasteiger partial charge in [0.15, 0.2) is 0 Å². The highest BCUT2D eigenvalue weighted by atomic mass is 35.5. The van der Waals surface area contributed by atoms with E-state index < -0.39 is 11.2 Å². The van der Waals surface area contributed by atoms with Crippen molar-refractivity contribution >= 4 is 29.2 Å². The molecule has 2 N–H and O–H groups in total. The summed E-state index contributed by atoms with van der Waals surface area (Å²) >= 11 is 0. The molecule has 2 heterocycles. The van der Waals surface area contributed by atoms with Gasteiger partial charge in [-0.05, 0) is 29.8 Å². The Bertz CT molecular complexity index is 1160. The summed E-state index contributed by atoms with van der Waals surface area (Å²) in [6.07, 6.45) is 0. The number of H-pyrrole nitrogens is 1. The monoisotopic (exact) mass is 418 g/mol. The van der Waals surface area contributed by atoms with Gasteiger partial charge in [-0.25, -0.2) is 9.18 Å². The molecule has 0 radical (unpaired) electrons. The van der Waals surface area contributed by atoms with Crippen molar-refractivity contribution in [3.8, 4) is 0 Å². The standard InChI is InChI=1S/C20H19FN4O3.ClH/c21-14-5-3-4-13(10-14)17-11-22-8-9-24(17)18(26)12-25-19(27)15-6-1-2-7-16(15)23-20(25)28;/h1-7,10,17,22H,8-9,11-12H2,(H,23,28);1H. The number of carbonyl (C=O) groups excluding carboxylic acids is 1. The van der Waals surface area contributed by atoms with Crippen molar-refractivity contribution in [2.75, 3.05) is 19.6 Å². The first-order valence-electron chi connectivity index (χ1n) is 9.02. The largest absolute Gasteiger partial charge is 0.332 e. The zero-order valence-corrected chi connectivity index (χ0v) is 16.2. The summed E-state index contributed by atoms with van der Waals surface area (Å²) < 4.78 is 14.5. The second-order valence-corrected chi connectivity index (χ2v) is 6.73. The number of hydrogen-bond donors (Lipinski definition) is 2. The fourth-order valence-corrected chi connectivity index (χ4v) is 3.58. The van der Waals surface area contributed by atoms with Gasteiger partial charge in [0.2, 0.25) is 5.91 Å². The van der Waals surface area contributed by atoms with E-state index in [4.69, 9.17) is 0 Å². The first-order chi connectivity index (χ1) is 13.5. The van der Waals surface area contributed by atoms with E-state index in [2.05, 4.69) is 10.3 Å². The van der Waals surface area contributed by atoms with Crippen LogP contribution in [-0.4, -0.2) is 40.0 Å². The predicted octanol–water partition coefficient (Wildman–Crippen LogP) is 1.42. The third kappa shape index (κ3) is 4.08. The number of rotatable bonds is 3. The van der Waals surface area contributed by atoms with Crippen molar-refractivity contribution in [2.45, 2.75) is 12.6 Å². The highest BCUT2D eigenvalue weighted by Gasteiger charge is 2.28. The summed E-state index contributed by atoms with van der Waals surface area (Å²) in [6, 6.07) is 12.4. The number of fused-ring (bicyclic) bond motifs is 1. The minimum Gasteiger partial charge on any atom is -0.332 e. The van der Waals surface area contributed by atoms with E-state index in [1.54, 1.807) is 41.3 Å². The predicted molar refractivity (Wildman–Crippen MR) is 110 cm³/mol. The van der Waals surface area contributed by atoms with Gasteiger partial charge in [-0.15, -0.1) is 12.4 Å². The first-order valence-corrected chi connectivity index (χ1v) is 9.02. The van der Waals surface area contributed by atoms with Gasteiger partial charge in [0.25, 0.3) is 5.56 Å². The van der Waals surface area contributed by atoms with Gasteiger partial charge in [0, 0.05) is 19.6 Å². The number of benzene rings is 2. The number of hydrogen-bond acceptors (Lipinski definition) is 4. The molecule has 1 fully saturated rings. The van der Waals surface area contributed by atoms with Gasteiger partial charge in [-0.1, -0.05) is 24.3 Å². The topological polar surface area (TPSA) is 87.2 Å². The van der Waals surface area contributed by atoms with Gasteiger partial charge in [0.1, 0.15) is 12.4 Å². The van der Waals surface area contributed by atoms with Crippen molar-refractivity contribution in [2.24, 2.45) is 0 Å². The van der Waals surface area contributed by atoms with Gasteiger partial charge in [0.05, 0.1) is 16.9 Å². The molecule has 0 spiro atoms. The van der Waals surface area contributed by atoms with Crippen molar-refractivity contribution in [1.82, 2.24) is 19.8 Å². The number of aromatic amines is 1. The van der Waals surface area contributed by atoms with Crippen LogP contribution in [0.4, 0.5) is 4.39 Å². The van der Waals surface area contributed by atoms with Crippen LogP contribution in [0.5, 0.6) is 0 Å². The molecule has 1 aromatic heterocycles. The van der Waals surface area contributed by atoms with E-state index in [9.17, 15) is 18.8 Å². The van der Waals surface area contributed by atoms with Crippen molar-refractivity contribution in [3.63, 3.8) is 0 Å². The number of halogens is 2. The maximum atomic E-state index is 13.6. The molecular formula is C20H20ClFN4O3. The third-order valence-corrected chi connectivity index (χ3v) is 4.98. The van der Waals surface area contributed by atoms with E-state index in [0.29, 0.717) is 36.1 Å². The molecule has 3 aromatic rings. The Hall–Kier alpha value is -2.97. The zero-order chi connectivity index (χ0) is 19.7. The summed E-state index contributed by atoms with van der Waals surface area (Å²) in [4.78, 5) is 42.2. The van der Waals surface area contributed by atoms with Crippen LogP contribution < -0.4 is 16.6 Å². The third-order valence-electron chi connectivity index (χ3n) is 4.98. The molecule has 0 bridgehead atoms. The van der Waals surface area contributed by atoms with Crippen LogP contribution in [0.3, 0.4) is 0 Å². The lowest BCUT2D eigenvalue weighted by atomic mass is 10.0. The van der Waals surface area contributed by atoms with Crippen LogP contribution in [0.15, 0.2) is 58.1 Å². The van der Waals surface area contributed by atoms with Crippen LogP contribution in [0.2, 0.25) is 0 Å². The molecule has 0 saturated carbocycles. The molecule has 29 heavy (non-hydrogen) atoms. The summed E-state index contributed by atoms with van der Waals surface area (Å²) in [5.41, 5.74) is -0.0408. The van der Waals surface area contributed by atoms with Gasteiger partial charge >= 0.3 is 5.69 Å². The van der Waals surface area contributed by atoms with E-state index in [1.165, 1.54) is 12.1 Å². The fraction of sp³-hybridized carbons (Fsp3) is 0.250. The van der Waals surface area contributed by atoms with Gasteiger partial charge < -0.3 is 15.2 Å². The molecule has 1 amide bonds. The Morgan fingerprint density at radius 3 is 2.72 bits per heavy atom. The molecule has 1 saturated heterocycles. The minimum atomic E-state index is -0.630. The lowest BCUT2D eigenvalue weighted by Crippen LogP contribution is -2.51. The molecule has 0 aliphatic carbocycles. The zero-order valence-electron chi connectivity index (χ0n) is 15.4. The van der Waals surface area contributed by atoms with Crippen LogP contribution in [0.1, 0.15) is 11.6 Å². The number of para-hydroxylation sites is 1. The fourth-order valence-electron chi connectivity index (χ4n) is 3.58. The molecule has 1 unspecified atom stereocenters. The molecule has 7 nitrogen and oxygen atoms in total. The lowest BCUT2D eigenvalue weighted by molar-refractivity contribution is -0.135. The molecule has 1 aliphatic heterocycles. The quantitative estimate of drug-likeness (QED) is 0.673. The summed E-state index contributed by atoms with van der Waals surface area (Å²) in [5.74, 6) is -0.740. The second kappa shape index (κ2) is 8.59. The Kier molecular flexibility index (Phi) is 6.14. The highest BCUT2D eigenvalue weighted by Crippen LogP contribution is 2.23. The average Bonchev–Trinajstić information content (AvgIpc) is 2.71.